The molecule has 0 saturated carbocycles. The second kappa shape index (κ2) is 16.4. The Balaban J connectivity index is 0.000000165. The van der Waals surface area contributed by atoms with Crippen LogP contribution in [-0.2, 0) is 0 Å². The van der Waals surface area contributed by atoms with E-state index >= 15 is 0 Å². The van der Waals surface area contributed by atoms with Gasteiger partial charge in [0.25, 0.3) is 0 Å². The van der Waals surface area contributed by atoms with Crippen molar-refractivity contribution in [1.82, 2.24) is 0 Å². The van der Waals surface area contributed by atoms with E-state index in [-0.39, 0.29) is 0 Å². The molecule has 0 aliphatic rings. The fourth-order valence-electron chi connectivity index (χ4n) is 8.18. The second-order valence-electron chi connectivity index (χ2n) is 14.0. The molecule has 0 atom stereocenters. The van der Waals surface area contributed by atoms with Crippen LogP contribution in [0, 0.1) is 20.8 Å². The van der Waals surface area contributed by atoms with Crippen LogP contribution in [-0.4, -0.2) is 19.7 Å². The number of hydrogen-bond donors (Lipinski definition) is 0. The molecule has 53 heavy (non-hydrogen) atoms. The molecule has 0 aliphatic carbocycles. The molecule has 8 aromatic carbocycles. The maximum absolute atomic E-state index is 2.88. The first-order valence-corrected chi connectivity index (χ1v) is 22.3. The minimum atomic E-state index is -2.88. The van der Waals surface area contributed by atoms with Crippen molar-refractivity contribution in [2.45, 2.75) is 20.8 Å². The van der Waals surface area contributed by atoms with Crippen LogP contribution < -0.4 is 39.3 Å². The topological polar surface area (TPSA) is 0 Å². The quantitative estimate of drug-likeness (QED) is 0.147. The van der Waals surface area contributed by atoms with Gasteiger partial charge in [-0.1, -0.05) is 121 Å². The van der Waals surface area contributed by atoms with Gasteiger partial charge in [0.15, 0.2) is 0 Å². The van der Waals surface area contributed by atoms with Gasteiger partial charge in [0.2, 0.25) is 0 Å². The van der Waals surface area contributed by atoms with Crippen LogP contribution in [0.4, 0.5) is 0 Å². The first kappa shape index (κ1) is 35.8. The fraction of sp³-hybridized carbons (Fsp3) is 0.0588. The van der Waals surface area contributed by atoms with Crippen LogP contribution in [0.25, 0.3) is 0 Å². The summed E-state index contributed by atoms with van der Waals surface area (Å²) < 4.78 is 5.88. The normalized spacial score (nSPS) is 11.3. The Hall–Kier alpha value is -5.62. The molecule has 0 unspecified atom stereocenters. The Bertz CT molecular complexity index is 2080. The summed E-state index contributed by atoms with van der Waals surface area (Å²) in [4.78, 5) is 0. The van der Waals surface area contributed by atoms with Crippen molar-refractivity contribution < 1.29 is 0 Å². The molecular formula is C51H46AsB. The summed E-state index contributed by atoms with van der Waals surface area (Å²) in [5.41, 5.74) is 9.31. The molecule has 8 aromatic rings. The molecule has 2 heteroatoms. The van der Waals surface area contributed by atoms with Crippen molar-refractivity contribution >= 4 is 59.0 Å². The van der Waals surface area contributed by atoms with Crippen molar-refractivity contribution in [2.75, 3.05) is 0 Å². The Morgan fingerprint density at radius 2 is 0.509 bits per heavy atom. The largest absolute Gasteiger partial charge is 0.195 e. The van der Waals surface area contributed by atoms with Gasteiger partial charge in [-0.25, -0.2) is 0 Å². The van der Waals surface area contributed by atoms with E-state index in [1.54, 1.807) is 0 Å². The molecule has 0 N–H and O–H groups in total. The Morgan fingerprint density at radius 3 is 0.774 bits per heavy atom. The van der Waals surface area contributed by atoms with Crippen LogP contribution >= 0.6 is 0 Å². The fourth-order valence-corrected chi connectivity index (χ4v) is 17.7. The van der Waals surface area contributed by atoms with Crippen molar-refractivity contribution in [3.8, 4) is 0 Å². The van der Waals surface area contributed by atoms with Crippen LogP contribution in [0.3, 0.4) is 0 Å². The summed E-state index contributed by atoms with van der Waals surface area (Å²) in [7, 11) is 0. The molecule has 0 heterocycles. The zero-order chi connectivity index (χ0) is 36.5. The van der Waals surface area contributed by atoms with E-state index in [1.165, 1.54) is 55.9 Å². The molecule has 0 saturated heterocycles. The molecule has 0 aromatic heterocycles. The zero-order valence-electron chi connectivity index (χ0n) is 30.9. The third-order valence-corrected chi connectivity index (χ3v) is 19.4. The summed E-state index contributed by atoms with van der Waals surface area (Å²) in [6.07, 6.45) is -1.22. The molecule has 0 aliphatic heterocycles. The van der Waals surface area contributed by atoms with Gasteiger partial charge in [0.1, 0.15) is 6.15 Å². The summed E-state index contributed by atoms with van der Waals surface area (Å²) in [5.74, 6) is 0. The first-order chi connectivity index (χ1) is 26.0. The van der Waals surface area contributed by atoms with Gasteiger partial charge in [-0.15, -0.1) is 0 Å². The minimum absolute atomic E-state index is 1.22. The molecule has 0 spiro atoms. The SMILES string of the molecule is Cc1cccc([As+](c2ccccc2)(c2cccc(C)c2)c2cccc(C)c2)c1.c1ccc([B-](c2ccccc2)(c2ccccc2)c2ccccc2)cc1. The van der Waals surface area contributed by atoms with Gasteiger partial charge < -0.3 is 0 Å². The summed E-state index contributed by atoms with van der Waals surface area (Å²) >= 11 is -2.88. The Kier molecular flexibility index (Phi) is 11.1. The molecule has 258 valence electrons. The predicted octanol–water partition coefficient (Wildman–Crippen LogP) is 7.05. The van der Waals surface area contributed by atoms with Crippen molar-refractivity contribution in [3.63, 3.8) is 0 Å². The first-order valence-electron chi connectivity index (χ1n) is 18.6. The van der Waals surface area contributed by atoms with E-state index < -0.39 is 19.7 Å². The predicted molar refractivity (Wildman–Crippen MR) is 234 cm³/mol. The van der Waals surface area contributed by atoms with E-state index in [0.29, 0.717) is 0 Å². The number of benzene rings is 8. The average Bonchev–Trinajstić information content (AvgIpc) is 3.21. The van der Waals surface area contributed by atoms with E-state index in [2.05, 4.69) is 245 Å². The van der Waals surface area contributed by atoms with E-state index in [4.69, 9.17) is 0 Å². The summed E-state index contributed by atoms with van der Waals surface area (Å²) in [6.45, 7) is 6.60. The van der Waals surface area contributed by atoms with Crippen LogP contribution in [0.15, 0.2) is 224 Å². The van der Waals surface area contributed by atoms with E-state index in [1.807, 2.05) is 0 Å². The van der Waals surface area contributed by atoms with Gasteiger partial charge in [0, 0.05) is 0 Å². The van der Waals surface area contributed by atoms with Crippen LogP contribution in [0.1, 0.15) is 16.7 Å². The number of hydrogen-bond acceptors (Lipinski definition) is 0. The van der Waals surface area contributed by atoms with Crippen LogP contribution in [0.2, 0.25) is 0 Å². The third-order valence-electron chi connectivity index (χ3n) is 10.5. The molecule has 8 rings (SSSR count). The van der Waals surface area contributed by atoms with Gasteiger partial charge in [-0.2, -0.15) is 21.9 Å². The van der Waals surface area contributed by atoms with Crippen LogP contribution in [0.5, 0.6) is 0 Å². The molecular weight excluding hydrogens is 698 g/mol. The van der Waals surface area contributed by atoms with Gasteiger partial charge in [-0.3, -0.25) is 0 Å². The van der Waals surface area contributed by atoms with Gasteiger partial charge >= 0.3 is 172 Å². The standard InChI is InChI=1S/C27H26As.C24H20B/c1-21-10-7-15-25(18-21)28(24-13-5-4-6-14-24,26-16-8-11-22(2)19-26)27-17-9-12-23(3)20-27;1-5-13-21(14-6-1)25(22-15-7-2-8-16-22,23-17-9-3-10-18-23)24-19-11-4-12-20-24/h4-20H,1-3H3;1-20H/q+1;-1. The summed E-state index contributed by atoms with van der Waals surface area (Å²) in [6, 6.07) is 82.2. The third kappa shape index (κ3) is 7.23. The summed E-state index contributed by atoms with van der Waals surface area (Å²) in [5, 5.41) is 0. The van der Waals surface area contributed by atoms with Gasteiger partial charge in [-0.05, 0) is 0 Å². The average molecular weight is 745 g/mol. The van der Waals surface area contributed by atoms with Crippen molar-refractivity contribution in [3.05, 3.63) is 241 Å². The Labute approximate surface area is 319 Å². The molecule has 0 radical (unpaired) electrons. The molecule has 0 nitrogen and oxygen atoms in total. The maximum atomic E-state index is 2.41. The van der Waals surface area contributed by atoms with E-state index in [0.717, 1.165) is 0 Å². The van der Waals surface area contributed by atoms with Crippen molar-refractivity contribution in [2.24, 2.45) is 0 Å². The zero-order valence-corrected chi connectivity index (χ0v) is 32.8. The second-order valence-corrected chi connectivity index (χ2v) is 21.2. The molecule has 0 bridgehead atoms. The Morgan fingerprint density at radius 1 is 0.264 bits per heavy atom. The number of aryl methyl sites for hydroxylation is 3. The monoisotopic (exact) mass is 744 g/mol. The smallest absolute Gasteiger partial charge is 0.108 e. The maximum Gasteiger partial charge on any atom is 0.108 e. The molecule has 0 fully saturated rings. The number of rotatable bonds is 8. The van der Waals surface area contributed by atoms with Crippen molar-refractivity contribution in [1.29, 1.82) is 0 Å². The van der Waals surface area contributed by atoms with Gasteiger partial charge in [0.05, 0.1) is 0 Å². The molecule has 0 amide bonds. The minimum Gasteiger partial charge on any atom is -0.195 e. The van der Waals surface area contributed by atoms with E-state index in [9.17, 15) is 0 Å².